The average Bonchev–Trinajstić information content (AvgIpc) is 2.63. The van der Waals surface area contributed by atoms with Crippen molar-refractivity contribution in [1.82, 2.24) is 20.0 Å². The Labute approximate surface area is 108 Å². The second-order valence-electron chi connectivity index (χ2n) is 4.93. The van der Waals surface area contributed by atoms with E-state index in [1.54, 1.807) is 4.68 Å². The van der Waals surface area contributed by atoms with Crippen LogP contribution in [0.2, 0.25) is 0 Å². The highest BCUT2D eigenvalue weighted by Gasteiger charge is 2.28. The van der Waals surface area contributed by atoms with Crippen LogP contribution in [-0.4, -0.2) is 39.7 Å². The maximum absolute atomic E-state index is 12.3. The van der Waals surface area contributed by atoms with E-state index in [1.807, 2.05) is 32.0 Å². The SMILES string of the molecule is CCNC1CCCN(Cc2cn(C)nc2C)C1=O. The molecule has 2 rings (SSSR count). The number of amides is 1. The van der Waals surface area contributed by atoms with Crippen LogP contribution in [0.25, 0.3) is 0 Å². The summed E-state index contributed by atoms with van der Waals surface area (Å²) in [4.78, 5) is 14.2. The molecule has 5 nitrogen and oxygen atoms in total. The quantitative estimate of drug-likeness (QED) is 0.861. The van der Waals surface area contributed by atoms with Gasteiger partial charge in [-0.25, -0.2) is 0 Å². The summed E-state index contributed by atoms with van der Waals surface area (Å²) in [6.45, 7) is 6.41. The Hall–Kier alpha value is -1.36. The van der Waals surface area contributed by atoms with Crippen molar-refractivity contribution >= 4 is 5.91 Å². The topological polar surface area (TPSA) is 50.2 Å². The molecule has 100 valence electrons. The van der Waals surface area contributed by atoms with Crippen molar-refractivity contribution in [3.63, 3.8) is 0 Å². The van der Waals surface area contributed by atoms with Crippen LogP contribution in [-0.2, 0) is 18.4 Å². The Morgan fingerprint density at radius 1 is 1.56 bits per heavy atom. The van der Waals surface area contributed by atoms with Crippen LogP contribution in [0.4, 0.5) is 0 Å². The molecule has 0 aliphatic carbocycles. The Morgan fingerprint density at radius 2 is 2.33 bits per heavy atom. The van der Waals surface area contributed by atoms with Crippen molar-refractivity contribution in [2.24, 2.45) is 7.05 Å². The standard InChI is InChI=1S/C13H22N4O/c1-4-14-12-6-5-7-17(13(12)18)9-11-8-16(3)15-10(11)2/h8,12,14H,4-7,9H2,1-3H3. The molecule has 5 heteroatoms. The molecule has 0 aromatic carbocycles. The minimum absolute atomic E-state index is 0.000674. The van der Waals surface area contributed by atoms with Gasteiger partial charge in [0.15, 0.2) is 0 Å². The Balaban J connectivity index is 2.04. The lowest BCUT2D eigenvalue weighted by Crippen LogP contribution is -2.50. The summed E-state index contributed by atoms with van der Waals surface area (Å²) >= 11 is 0. The first-order chi connectivity index (χ1) is 8.61. The lowest BCUT2D eigenvalue weighted by atomic mass is 10.0. The summed E-state index contributed by atoms with van der Waals surface area (Å²) in [6, 6.07) is 0.000674. The van der Waals surface area contributed by atoms with Gasteiger partial charge in [0.2, 0.25) is 5.91 Å². The number of hydrogen-bond donors (Lipinski definition) is 1. The van der Waals surface area contributed by atoms with E-state index in [0.717, 1.165) is 37.2 Å². The van der Waals surface area contributed by atoms with Crippen molar-refractivity contribution in [2.45, 2.75) is 39.3 Å². The van der Waals surface area contributed by atoms with Gasteiger partial charge in [-0.1, -0.05) is 6.92 Å². The molecule has 1 unspecified atom stereocenters. The van der Waals surface area contributed by atoms with Crippen molar-refractivity contribution < 1.29 is 4.79 Å². The number of carbonyl (C=O) groups is 1. The zero-order valence-corrected chi connectivity index (χ0v) is 11.4. The van der Waals surface area contributed by atoms with Gasteiger partial charge in [0, 0.05) is 31.9 Å². The zero-order valence-electron chi connectivity index (χ0n) is 11.4. The van der Waals surface area contributed by atoms with Crippen molar-refractivity contribution in [1.29, 1.82) is 0 Å². The fourth-order valence-corrected chi connectivity index (χ4v) is 2.54. The molecule has 0 radical (unpaired) electrons. The number of nitrogens with zero attached hydrogens (tertiary/aromatic N) is 3. The van der Waals surface area contributed by atoms with Gasteiger partial charge < -0.3 is 10.2 Å². The van der Waals surface area contributed by atoms with E-state index in [0.29, 0.717) is 6.54 Å². The third-order valence-electron chi connectivity index (χ3n) is 3.46. The van der Waals surface area contributed by atoms with Gasteiger partial charge in [0.25, 0.3) is 0 Å². The highest BCUT2D eigenvalue weighted by atomic mass is 16.2. The number of carbonyl (C=O) groups excluding carboxylic acids is 1. The first-order valence-electron chi connectivity index (χ1n) is 6.63. The molecule has 0 spiro atoms. The molecule has 18 heavy (non-hydrogen) atoms. The van der Waals surface area contributed by atoms with Crippen LogP contribution in [0.3, 0.4) is 0 Å². The summed E-state index contributed by atoms with van der Waals surface area (Å²) in [5.74, 6) is 0.228. The van der Waals surface area contributed by atoms with Crippen LogP contribution in [0.1, 0.15) is 31.0 Å². The van der Waals surface area contributed by atoms with Gasteiger partial charge in [-0.15, -0.1) is 0 Å². The Bertz CT molecular complexity index is 425. The number of rotatable bonds is 4. The highest BCUT2D eigenvalue weighted by Crippen LogP contribution is 2.16. The third-order valence-corrected chi connectivity index (χ3v) is 3.46. The number of hydrogen-bond acceptors (Lipinski definition) is 3. The monoisotopic (exact) mass is 250 g/mol. The minimum atomic E-state index is 0.000674. The van der Waals surface area contributed by atoms with Crippen molar-refractivity contribution in [3.8, 4) is 0 Å². The van der Waals surface area contributed by atoms with Gasteiger partial charge in [0.1, 0.15) is 0 Å². The summed E-state index contributed by atoms with van der Waals surface area (Å²) < 4.78 is 1.81. The Morgan fingerprint density at radius 3 is 2.94 bits per heavy atom. The van der Waals surface area contributed by atoms with E-state index in [2.05, 4.69) is 10.4 Å². The van der Waals surface area contributed by atoms with Gasteiger partial charge in [0.05, 0.1) is 11.7 Å². The number of likely N-dealkylation sites (tertiary alicyclic amines) is 1. The second-order valence-corrected chi connectivity index (χ2v) is 4.93. The van der Waals surface area contributed by atoms with Gasteiger partial charge in [-0.3, -0.25) is 9.48 Å². The van der Waals surface area contributed by atoms with Crippen LogP contribution in [0.15, 0.2) is 6.20 Å². The molecule has 1 atom stereocenters. The van der Waals surface area contributed by atoms with Gasteiger partial charge in [-0.05, 0) is 26.3 Å². The lowest BCUT2D eigenvalue weighted by Gasteiger charge is -2.32. The predicted molar refractivity (Wildman–Crippen MR) is 70.1 cm³/mol. The van der Waals surface area contributed by atoms with Crippen LogP contribution >= 0.6 is 0 Å². The predicted octanol–water partition coefficient (Wildman–Crippen LogP) is 0.829. The lowest BCUT2D eigenvalue weighted by molar-refractivity contribution is -0.136. The number of likely N-dealkylation sites (N-methyl/N-ethyl adjacent to an activating group) is 1. The fraction of sp³-hybridized carbons (Fsp3) is 0.692. The van der Waals surface area contributed by atoms with E-state index >= 15 is 0 Å². The summed E-state index contributed by atoms with van der Waals surface area (Å²) in [5, 5.41) is 7.58. The zero-order chi connectivity index (χ0) is 13.1. The molecular formula is C13H22N4O. The number of aryl methyl sites for hydroxylation is 2. The smallest absolute Gasteiger partial charge is 0.240 e. The number of piperidine rings is 1. The first-order valence-corrected chi connectivity index (χ1v) is 6.63. The molecule has 0 bridgehead atoms. The molecule has 1 aromatic heterocycles. The molecule has 1 amide bonds. The first kappa shape index (κ1) is 13.1. The van der Waals surface area contributed by atoms with E-state index in [-0.39, 0.29) is 11.9 Å². The maximum atomic E-state index is 12.3. The van der Waals surface area contributed by atoms with Gasteiger partial charge in [-0.2, -0.15) is 5.10 Å². The number of aromatic nitrogens is 2. The molecule has 2 heterocycles. The third kappa shape index (κ3) is 2.72. The van der Waals surface area contributed by atoms with E-state index in [4.69, 9.17) is 0 Å². The van der Waals surface area contributed by atoms with Crippen molar-refractivity contribution in [3.05, 3.63) is 17.5 Å². The second kappa shape index (κ2) is 5.52. The van der Waals surface area contributed by atoms with E-state index in [9.17, 15) is 4.79 Å². The number of nitrogens with one attached hydrogen (secondary N) is 1. The van der Waals surface area contributed by atoms with Gasteiger partial charge >= 0.3 is 0 Å². The molecule has 1 aliphatic rings. The molecule has 1 aliphatic heterocycles. The molecular weight excluding hydrogens is 228 g/mol. The fourth-order valence-electron chi connectivity index (χ4n) is 2.54. The molecule has 1 N–H and O–H groups in total. The molecule has 1 aromatic rings. The molecule has 0 saturated carbocycles. The average molecular weight is 250 g/mol. The highest BCUT2D eigenvalue weighted by molar-refractivity contribution is 5.82. The summed E-state index contributed by atoms with van der Waals surface area (Å²) in [5.41, 5.74) is 2.15. The van der Waals surface area contributed by atoms with Crippen LogP contribution in [0, 0.1) is 6.92 Å². The van der Waals surface area contributed by atoms with Crippen LogP contribution in [0.5, 0.6) is 0 Å². The molecule has 1 fully saturated rings. The largest absolute Gasteiger partial charge is 0.337 e. The maximum Gasteiger partial charge on any atom is 0.240 e. The molecule has 1 saturated heterocycles. The van der Waals surface area contributed by atoms with E-state index in [1.165, 1.54) is 0 Å². The van der Waals surface area contributed by atoms with Crippen molar-refractivity contribution in [2.75, 3.05) is 13.1 Å². The van der Waals surface area contributed by atoms with E-state index < -0.39 is 0 Å². The summed E-state index contributed by atoms with van der Waals surface area (Å²) in [7, 11) is 1.91. The van der Waals surface area contributed by atoms with Crippen LogP contribution < -0.4 is 5.32 Å². The normalized spacial score (nSPS) is 20.5. The summed E-state index contributed by atoms with van der Waals surface area (Å²) in [6.07, 6.45) is 4.03. The Kier molecular flexibility index (Phi) is 4.01. The minimum Gasteiger partial charge on any atom is -0.337 e.